The van der Waals surface area contributed by atoms with Crippen LogP contribution >= 0.6 is 0 Å². The molecule has 44 valence electrons. The first-order chi connectivity index (χ1) is 3.41. The van der Waals surface area contributed by atoms with Crippen molar-refractivity contribution in [3.8, 4) is 0 Å². The first-order valence-corrected chi connectivity index (χ1v) is 4.41. The predicted molar refractivity (Wildman–Crippen MR) is 35.9 cm³/mol. The molecular weight excluding hydrogens is 104 g/mol. The highest BCUT2D eigenvalue weighted by Crippen LogP contribution is 1.80. The summed E-state index contributed by atoms with van der Waals surface area (Å²) in [6.45, 7) is 4.06. The lowest BCUT2D eigenvalue weighted by Gasteiger charge is -1.95. The monoisotopic (exact) mass is 118 g/mol. The molecule has 2 heteroatoms. The van der Waals surface area contributed by atoms with E-state index in [1.54, 1.807) is 0 Å². The molecule has 0 aromatic carbocycles. The smallest absolute Gasteiger partial charge is 0.0463 e. The molecule has 0 rings (SSSR count). The summed E-state index contributed by atoms with van der Waals surface area (Å²) in [6, 6.07) is 1.28. The molecule has 0 fully saturated rings. The van der Waals surface area contributed by atoms with Crippen molar-refractivity contribution in [1.29, 1.82) is 0 Å². The Bertz CT molecular complexity index is 27.3. The summed E-state index contributed by atoms with van der Waals surface area (Å²) in [5.41, 5.74) is 0. The minimum atomic E-state index is 0.947. The molecule has 1 nitrogen and oxygen atoms in total. The van der Waals surface area contributed by atoms with Gasteiger partial charge in [-0.15, -0.1) is 0 Å². The number of hydrogen-bond acceptors (Lipinski definition) is 1. The van der Waals surface area contributed by atoms with Gasteiger partial charge in [0.15, 0.2) is 0 Å². The van der Waals surface area contributed by atoms with Crippen molar-refractivity contribution in [2.75, 3.05) is 13.2 Å². The van der Waals surface area contributed by atoms with Crippen molar-refractivity contribution >= 4 is 10.2 Å². The largest absolute Gasteiger partial charge is 0.382 e. The Morgan fingerprint density at radius 1 is 1.43 bits per heavy atom. The van der Waals surface area contributed by atoms with Crippen LogP contribution in [0.2, 0.25) is 6.04 Å². The molecule has 0 atom stereocenters. The van der Waals surface area contributed by atoms with E-state index >= 15 is 0 Å². The van der Waals surface area contributed by atoms with Crippen LogP contribution in [0.5, 0.6) is 0 Å². The van der Waals surface area contributed by atoms with Crippen molar-refractivity contribution in [3.05, 3.63) is 0 Å². The third-order valence-electron chi connectivity index (χ3n) is 0.697. The lowest BCUT2D eigenvalue weighted by atomic mass is 10.5. The summed E-state index contributed by atoms with van der Waals surface area (Å²) < 4.78 is 5.17. The van der Waals surface area contributed by atoms with E-state index in [9.17, 15) is 0 Å². The average molecular weight is 118 g/mol. The van der Waals surface area contributed by atoms with E-state index in [0.717, 1.165) is 19.6 Å². The van der Waals surface area contributed by atoms with Gasteiger partial charge in [0.1, 0.15) is 0 Å². The maximum Gasteiger partial charge on any atom is 0.0463 e. The maximum atomic E-state index is 5.17. The standard InChI is InChI=1S/C5H14OSi/c1-2-3-6-4-5-7/h2-5H2,1,7H3. The van der Waals surface area contributed by atoms with E-state index in [4.69, 9.17) is 4.74 Å². The van der Waals surface area contributed by atoms with Crippen molar-refractivity contribution in [2.45, 2.75) is 19.4 Å². The summed E-state index contributed by atoms with van der Waals surface area (Å²) in [5.74, 6) is 0. The predicted octanol–water partition coefficient (Wildman–Crippen LogP) is 0.197. The highest BCUT2D eigenvalue weighted by Gasteiger charge is 1.78. The van der Waals surface area contributed by atoms with Gasteiger partial charge in [-0.05, 0) is 12.5 Å². The molecule has 0 unspecified atom stereocenters. The molecule has 0 aliphatic carbocycles. The quantitative estimate of drug-likeness (QED) is 0.378. The van der Waals surface area contributed by atoms with Crippen LogP contribution in [0.15, 0.2) is 0 Å². The van der Waals surface area contributed by atoms with Crippen LogP contribution in [0.3, 0.4) is 0 Å². The molecular formula is C5H14OSi. The molecule has 0 saturated carbocycles. The van der Waals surface area contributed by atoms with Crippen molar-refractivity contribution in [1.82, 2.24) is 0 Å². The molecule has 0 spiro atoms. The van der Waals surface area contributed by atoms with Gasteiger partial charge in [0, 0.05) is 23.5 Å². The van der Waals surface area contributed by atoms with Gasteiger partial charge in [-0.1, -0.05) is 6.92 Å². The van der Waals surface area contributed by atoms with Crippen LogP contribution in [-0.4, -0.2) is 23.5 Å². The van der Waals surface area contributed by atoms with Gasteiger partial charge in [-0.3, -0.25) is 0 Å². The van der Waals surface area contributed by atoms with E-state index < -0.39 is 0 Å². The van der Waals surface area contributed by atoms with E-state index in [1.165, 1.54) is 16.3 Å². The van der Waals surface area contributed by atoms with Gasteiger partial charge in [0.05, 0.1) is 0 Å². The Labute approximate surface area is 48.5 Å². The fourth-order valence-electron chi connectivity index (χ4n) is 0.391. The fraction of sp³-hybridized carbons (Fsp3) is 1.00. The second-order valence-electron chi connectivity index (χ2n) is 1.61. The third-order valence-corrected chi connectivity index (χ3v) is 1.11. The topological polar surface area (TPSA) is 9.23 Å². The minimum Gasteiger partial charge on any atom is -0.382 e. The van der Waals surface area contributed by atoms with Gasteiger partial charge < -0.3 is 4.74 Å². The van der Waals surface area contributed by atoms with Crippen molar-refractivity contribution in [3.63, 3.8) is 0 Å². The normalized spacial score (nSPS) is 9.86. The molecule has 0 heterocycles. The number of hydrogen-bond donors (Lipinski definition) is 0. The van der Waals surface area contributed by atoms with Crippen molar-refractivity contribution in [2.24, 2.45) is 0 Å². The Hall–Kier alpha value is 0.177. The fourth-order valence-corrected chi connectivity index (χ4v) is 0.679. The first kappa shape index (κ1) is 7.18. The zero-order valence-corrected chi connectivity index (χ0v) is 7.24. The number of ether oxygens (including phenoxy) is 1. The van der Waals surface area contributed by atoms with Crippen LogP contribution in [0.4, 0.5) is 0 Å². The summed E-state index contributed by atoms with van der Waals surface area (Å²) in [5, 5.41) is 0. The summed E-state index contributed by atoms with van der Waals surface area (Å²) in [4.78, 5) is 0. The van der Waals surface area contributed by atoms with Gasteiger partial charge in [-0.2, -0.15) is 0 Å². The van der Waals surface area contributed by atoms with E-state index in [2.05, 4.69) is 6.92 Å². The van der Waals surface area contributed by atoms with E-state index in [0.29, 0.717) is 0 Å². The van der Waals surface area contributed by atoms with Gasteiger partial charge in [0.2, 0.25) is 0 Å². The average Bonchev–Trinajstić information content (AvgIpc) is 1.69. The van der Waals surface area contributed by atoms with Crippen LogP contribution in [-0.2, 0) is 4.74 Å². The van der Waals surface area contributed by atoms with Crippen LogP contribution in [0.25, 0.3) is 0 Å². The summed E-state index contributed by atoms with van der Waals surface area (Å²) in [6.07, 6.45) is 1.15. The SMILES string of the molecule is CCCOCC[SiH3]. The molecule has 0 amide bonds. The molecule has 0 aliphatic rings. The lowest BCUT2D eigenvalue weighted by Crippen LogP contribution is -1.93. The van der Waals surface area contributed by atoms with E-state index in [-0.39, 0.29) is 0 Å². The second kappa shape index (κ2) is 6.18. The van der Waals surface area contributed by atoms with Gasteiger partial charge in [-0.25, -0.2) is 0 Å². The summed E-state index contributed by atoms with van der Waals surface area (Å²) >= 11 is 0. The number of rotatable bonds is 4. The van der Waals surface area contributed by atoms with Crippen molar-refractivity contribution < 1.29 is 4.74 Å². The maximum absolute atomic E-state index is 5.17. The zero-order valence-electron chi connectivity index (χ0n) is 5.24. The molecule has 0 N–H and O–H groups in total. The Kier molecular flexibility index (Phi) is 6.33. The zero-order chi connectivity index (χ0) is 5.54. The second-order valence-corrected chi connectivity index (χ2v) is 2.61. The van der Waals surface area contributed by atoms with Gasteiger partial charge >= 0.3 is 0 Å². The molecule has 0 bridgehead atoms. The van der Waals surface area contributed by atoms with Crippen LogP contribution < -0.4 is 0 Å². The highest BCUT2D eigenvalue weighted by molar-refractivity contribution is 6.08. The van der Waals surface area contributed by atoms with E-state index in [1.807, 2.05) is 0 Å². The molecule has 0 aliphatic heterocycles. The lowest BCUT2D eigenvalue weighted by molar-refractivity contribution is 0.148. The summed E-state index contributed by atoms with van der Waals surface area (Å²) in [7, 11) is 1.28. The molecule has 0 saturated heterocycles. The Morgan fingerprint density at radius 2 is 2.14 bits per heavy atom. The first-order valence-electron chi connectivity index (χ1n) is 2.99. The highest BCUT2D eigenvalue weighted by atomic mass is 28.1. The molecule has 7 heavy (non-hydrogen) atoms. The third kappa shape index (κ3) is 6.18. The minimum absolute atomic E-state index is 0.947. The molecule has 0 aromatic rings. The van der Waals surface area contributed by atoms with Gasteiger partial charge in [0.25, 0.3) is 0 Å². The Balaban J connectivity index is 2.45. The molecule has 0 radical (unpaired) electrons. The van der Waals surface area contributed by atoms with Crippen LogP contribution in [0, 0.1) is 0 Å². The molecule has 0 aromatic heterocycles. The van der Waals surface area contributed by atoms with Crippen LogP contribution in [0.1, 0.15) is 13.3 Å². The Morgan fingerprint density at radius 3 is 2.57 bits per heavy atom.